The van der Waals surface area contributed by atoms with Gasteiger partial charge in [-0.1, -0.05) is 33.6 Å². The van der Waals surface area contributed by atoms with Crippen LogP contribution in [-0.4, -0.2) is 0 Å². The van der Waals surface area contributed by atoms with Gasteiger partial charge >= 0.3 is 0 Å². The SMILES string of the molecule is NCc1ccc(Oc2ccc(F)c(Cl)c2)cc1Br. The van der Waals surface area contributed by atoms with Gasteiger partial charge in [0.05, 0.1) is 5.02 Å². The van der Waals surface area contributed by atoms with E-state index in [1.54, 1.807) is 12.1 Å². The summed E-state index contributed by atoms with van der Waals surface area (Å²) in [4.78, 5) is 0. The molecule has 0 bridgehead atoms. The van der Waals surface area contributed by atoms with Crippen molar-refractivity contribution in [3.05, 3.63) is 57.3 Å². The van der Waals surface area contributed by atoms with Crippen LogP contribution in [0.25, 0.3) is 0 Å². The average Bonchev–Trinajstić information content (AvgIpc) is 2.34. The summed E-state index contributed by atoms with van der Waals surface area (Å²) >= 11 is 9.08. The first-order chi connectivity index (χ1) is 8.60. The number of hydrogen-bond acceptors (Lipinski definition) is 2. The first-order valence-corrected chi connectivity index (χ1v) is 6.38. The molecule has 2 aromatic rings. The molecule has 0 aliphatic carbocycles. The highest BCUT2D eigenvalue weighted by Gasteiger charge is 2.05. The van der Waals surface area contributed by atoms with E-state index in [1.807, 2.05) is 6.07 Å². The lowest BCUT2D eigenvalue weighted by molar-refractivity contribution is 0.480. The molecule has 0 radical (unpaired) electrons. The fourth-order valence-electron chi connectivity index (χ4n) is 1.43. The summed E-state index contributed by atoms with van der Waals surface area (Å²) in [5.41, 5.74) is 6.55. The first-order valence-electron chi connectivity index (χ1n) is 5.21. The summed E-state index contributed by atoms with van der Waals surface area (Å²) in [6.07, 6.45) is 0. The molecule has 2 rings (SSSR count). The fourth-order valence-corrected chi connectivity index (χ4v) is 2.12. The van der Waals surface area contributed by atoms with Crippen LogP contribution in [0.4, 0.5) is 4.39 Å². The Balaban J connectivity index is 2.23. The Labute approximate surface area is 118 Å². The molecule has 0 fully saturated rings. The standard InChI is InChI=1S/C13H10BrClFNO/c14-11-5-9(2-1-8(11)7-17)18-10-3-4-13(16)12(15)6-10/h1-6H,7,17H2. The van der Waals surface area contributed by atoms with Crippen LogP contribution in [0.15, 0.2) is 40.9 Å². The van der Waals surface area contributed by atoms with E-state index < -0.39 is 5.82 Å². The Hall–Kier alpha value is -1.10. The van der Waals surface area contributed by atoms with Crippen molar-refractivity contribution in [1.29, 1.82) is 0 Å². The molecule has 0 spiro atoms. The van der Waals surface area contributed by atoms with Crippen molar-refractivity contribution in [2.45, 2.75) is 6.54 Å². The molecule has 0 unspecified atom stereocenters. The summed E-state index contributed by atoms with van der Waals surface area (Å²) in [5, 5.41) is 0.0325. The third-order valence-electron chi connectivity index (χ3n) is 2.37. The molecule has 0 atom stereocenters. The van der Waals surface area contributed by atoms with Crippen molar-refractivity contribution >= 4 is 27.5 Å². The largest absolute Gasteiger partial charge is 0.457 e. The zero-order valence-electron chi connectivity index (χ0n) is 9.29. The molecule has 2 nitrogen and oxygen atoms in total. The summed E-state index contributed by atoms with van der Waals surface area (Å²) in [7, 11) is 0. The average molecular weight is 331 g/mol. The van der Waals surface area contributed by atoms with E-state index in [1.165, 1.54) is 18.2 Å². The Kier molecular flexibility index (Phi) is 4.22. The fraction of sp³-hybridized carbons (Fsp3) is 0.0769. The Bertz CT molecular complexity index is 577. The van der Waals surface area contributed by atoms with Crippen LogP contribution in [0.3, 0.4) is 0 Å². The zero-order valence-corrected chi connectivity index (χ0v) is 11.6. The monoisotopic (exact) mass is 329 g/mol. The van der Waals surface area contributed by atoms with Gasteiger partial charge in [0.1, 0.15) is 17.3 Å². The minimum Gasteiger partial charge on any atom is -0.457 e. The van der Waals surface area contributed by atoms with Gasteiger partial charge in [-0.15, -0.1) is 0 Å². The van der Waals surface area contributed by atoms with Gasteiger partial charge in [0.2, 0.25) is 0 Å². The maximum Gasteiger partial charge on any atom is 0.142 e. The second-order valence-electron chi connectivity index (χ2n) is 3.64. The quantitative estimate of drug-likeness (QED) is 0.899. The van der Waals surface area contributed by atoms with Crippen LogP contribution in [0.1, 0.15) is 5.56 Å². The van der Waals surface area contributed by atoms with Crippen LogP contribution in [-0.2, 0) is 6.54 Å². The van der Waals surface area contributed by atoms with Crippen molar-refractivity contribution in [2.24, 2.45) is 5.73 Å². The summed E-state index contributed by atoms with van der Waals surface area (Å²) in [6, 6.07) is 9.68. The molecule has 94 valence electrons. The predicted molar refractivity (Wildman–Crippen MR) is 73.5 cm³/mol. The number of nitrogens with two attached hydrogens (primary N) is 1. The Morgan fingerprint density at radius 2 is 1.83 bits per heavy atom. The number of halogens is 3. The molecule has 0 aliphatic rings. The number of rotatable bonds is 3. The maximum atomic E-state index is 13.0. The van der Waals surface area contributed by atoms with Crippen LogP contribution in [0.2, 0.25) is 5.02 Å². The van der Waals surface area contributed by atoms with Gasteiger partial charge in [0.15, 0.2) is 0 Å². The van der Waals surface area contributed by atoms with Crippen molar-refractivity contribution in [3.8, 4) is 11.5 Å². The van der Waals surface area contributed by atoms with Crippen molar-refractivity contribution in [3.63, 3.8) is 0 Å². The molecule has 0 amide bonds. The lowest BCUT2D eigenvalue weighted by Gasteiger charge is -2.08. The van der Waals surface area contributed by atoms with Gasteiger partial charge in [-0.3, -0.25) is 0 Å². The van der Waals surface area contributed by atoms with E-state index in [4.69, 9.17) is 22.1 Å². The highest BCUT2D eigenvalue weighted by Crippen LogP contribution is 2.29. The summed E-state index contributed by atoms with van der Waals surface area (Å²) in [5.74, 6) is 0.638. The second kappa shape index (κ2) is 5.69. The Morgan fingerprint density at radius 3 is 2.44 bits per heavy atom. The van der Waals surface area contributed by atoms with Crippen LogP contribution < -0.4 is 10.5 Å². The third kappa shape index (κ3) is 3.02. The molecule has 0 heterocycles. The highest BCUT2D eigenvalue weighted by molar-refractivity contribution is 9.10. The van der Waals surface area contributed by atoms with Crippen LogP contribution in [0, 0.1) is 5.82 Å². The molecule has 18 heavy (non-hydrogen) atoms. The van der Waals surface area contributed by atoms with Gasteiger partial charge in [-0.25, -0.2) is 4.39 Å². The lowest BCUT2D eigenvalue weighted by atomic mass is 10.2. The molecule has 2 aromatic carbocycles. The van der Waals surface area contributed by atoms with Crippen molar-refractivity contribution < 1.29 is 9.13 Å². The summed E-state index contributed by atoms with van der Waals surface area (Å²) < 4.78 is 19.4. The molecule has 0 saturated heterocycles. The highest BCUT2D eigenvalue weighted by atomic mass is 79.9. The number of benzene rings is 2. The summed E-state index contributed by atoms with van der Waals surface area (Å²) in [6.45, 7) is 0.448. The molecule has 0 saturated carbocycles. The molecular weight excluding hydrogens is 321 g/mol. The van der Waals surface area contributed by atoms with E-state index in [-0.39, 0.29) is 5.02 Å². The van der Waals surface area contributed by atoms with E-state index >= 15 is 0 Å². The Morgan fingerprint density at radius 1 is 1.17 bits per heavy atom. The second-order valence-corrected chi connectivity index (χ2v) is 4.90. The minimum absolute atomic E-state index is 0.0325. The number of hydrogen-bond donors (Lipinski definition) is 1. The van der Waals surface area contributed by atoms with E-state index in [2.05, 4.69) is 15.9 Å². The lowest BCUT2D eigenvalue weighted by Crippen LogP contribution is -1.97. The smallest absolute Gasteiger partial charge is 0.142 e. The third-order valence-corrected chi connectivity index (χ3v) is 3.40. The molecule has 5 heteroatoms. The van der Waals surface area contributed by atoms with Crippen molar-refractivity contribution in [1.82, 2.24) is 0 Å². The van der Waals surface area contributed by atoms with E-state index in [9.17, 15) is 4.39 Å². The van der Waals surface area contributed by atoms with Gasteiger partial charge in [0, 0.05) is 17.1 Å². The van der Waals surface area contributed by atoms with Gasteiger partial charge in [-0.2, -0.15) is 0 Å². The molecular formula is C13H10BrClFNO. The van der Waals surface area contributed by atoms with Gasteiger partial charge in [0.25, 0.3) is 0 Å². The topological polar surface area (TPSA) is 35.2 Å². The van der Waals surface area contributed by atoms with Crippen molar-refractivity contribution in [2.75, 3.05) is 0 Å². The minimum atomic E-state index is -0.469. The van der Waals surface area contributed by atoms with Gasteiger partial charge < -0.3 is 10.5 Å². The first kappa shape index (κ1) is 13.3. The number of ether oxygens (including phenoxy) is 1. The van der Waals surface area contributed by atoms with Crippen LogP contribution >= 0.6 is 27.5 Å². The van der Waals surface area contributed by atoms with E-state index in [0.29, 0.717) is 18.0 Å². The molecule has 0 aliphatic heterocycles. The molecule has 2 N–H and O–H groups in total. The zero-order chi connectivity index (χ0) is 13.1. The normalized spacial score (nSPS) is 10.4. The molecule has 0 aromatic heterocycles. The predicted octanol–water partition coefficient (Wildman–Crippen LogP) is 4.49. The van der Waals surface area contributed by atoms with E-state index in [0.717, 1.165) is 10.0 Å². The van der Waals surface area contributed by atoms with Gasteiger partial charge in [-0.05, 0) is 29.8 Å². The van der Waals surface area contributed by atoms with Crippen LogP contribution in [0.5, 0.6) is 11.5 Å². The maximum absolute atomic E-state index is 13.0.